The molecule has 0 bridgehead atoms. The largest absolute Gasteiger partial charge is 0.277 e. The highest BCUT2D eigenvalue weighted by molar-refractivity contribution is 7.94. The minimum absolute atomic E-state index is 0.0511. The van der Waals surface area contributed by atoms with E-state index in [0.717, 1.165) is 21.9 Å². The second-order valence-corrected chi connectivity index (χ2v) is 10.5. The number of carbonyl (C=O) groups is 1. The minimum atomic E-state index is -3.83. The Morgan fingerprint density at radius 3 is 2.67 bits per heavy atom. The van der Waals surface area contributed by atoms with Crippen LogP contribution in [0.2, 0.25) is 0 Å². The number of thiazole rings is 1. The number of hydrazone groups is 1. The lowest BCUT2D eigenvalue weighted by Crippen LogP contribution is -2.22. The molecule has 4 aromatic rings. The van der Waals surface area contributed by atoms with Crippen molar-refractivity contribution in [2.24, 2.45) is 5.10 Å². The van der Waals surface area contributed by atoms with Gasteiger partial charge in [-0.15, -0.1) is 22.7 Å². The molecule has 0 saturated heterocycles. The van der Waals surface area contributed by atoms with Gasteiger partial charge in [0.15, 0.2) is 0 Å². The maximum atomic E-state index is 12.8. The molecule has 168 valence electrons. The number of aryl methyl sites for hydroxylation is 1. The van der Waals surface area contributed by atoms with Crippen molar-refractivity contribution in [3.8, 4) is 10.7 Å². The highest BCUT2D eigenvalue weighted by atomic mass is 32.2. The molecule has 0 aromatic carbocycles. The molecule has 0 saturated carbocycles. The Morgan fingerprint density at radius 2 is 1.94 bits per heavy atom. The van der Waals surface area contributed by atoms with E-state index in [0.29, 0.717) is 16.4 Å². The number of aromatic nitrogens is 4. The molecule has 4 rings (SSSR count). The van der Waals surface area contributed by atoms with Crippen LogP contribution in [0.5, 0.6) is 0 Å². The number of rotatable bonds is 7. The SMILES string of the molecule is CC(=NNC(=O)c1ccncc1NS(=O)(=O)c1cccs1)c1sc(-c2cnccn2)nc1C. The third-order valence-electron chi connectivity index (χ3n) is 4.30. The molecule has 0 radical (unpaired) electrons. The van der Waals surface area contributed by atoms with E-state index < -0.39 is 15.9 Å². The van der Waals surface area contributed by atoms with Crippen LogP contribution in [0.4, 0.5) is 5.69 Å². The Morgan fingerprint density at radius 1 is 1.12 bits per heavy atom. The summed E-state index contributed by atoms with van der Waals surface area (Å²) in [5.74, 6) is -0.586. The van der Waals surface area contributed by atoms with E-state index in [4.69, 9.17) is 0 Å². The lowest BCUT2D eigenvalue weighted by atomic mass is 10.2. The number of nitrogens with one attached hydrogen (secondary N) is 2. The maximum absolute atomic E-state index is 12.8. The summed E-state index contributed by atoms with van der Waals surface area (Å²) in [6.45, 7) is 3.58. The monoisotopic (exact) mass is 499 g/mol. The maximum Gasteiger partial charge on any atom is 0.273 e. The third-order valence-corrected chi connectivity index (χ3v) is 8.35. The van der Waals surface area contributed by atoms with E-state index in [-0.39, 0.29) is 15.5 Å². The second-order valence-electron chi connectivity index (χ2n) is 6.62. The van der Waals surface area contributed by atoms with E-state index in [1.54, 1.807) is 37.0 Å². The number of carbonyl (C=O) groups excluding carboxylic acids is 1. The molecule has 10 nitrogen and oxygen atoms in total. The predicted molar refractivity (Wildman–Crippen MR) is 127 cm³/mol. The summed E-state index contributed by atoms with van der Waals surface area (Å²) < 4.78 is 27.6. The van der Waals surface area contributed by atoms with Crippen LogP contribution < -0.4 is 10.1 Å². The minimum Gasteiger partial charge on any atom is -0.277 e. The fraction of sp³-hybridized carbons (Fsp3) is 0.100. The number of pyridine rings is 1. The number of nitrogens with zero attached hydrogens (tertiary/aromatic N) is 5. The summed E-state index contributed by atoms with van der Waals surface area (Å²) in [6.07, 6.45) is 7.47. The molecule has 4 heterocycles. The van der Waals surface area contributed by atoms with Crippen molar-refractivity contribution in [1.82, 2.24) is 25.4 Å². The van der Waals surface area contributed by atoms with E-state index in [9.17, 15) is 13.2 Å². The van der Waals surface area contributed by atoms with E-state index in [2.05, 4.69) is 35.2 Å². The topological polar surface area (TPSA) is 139 Å². The third kappa shape index (κ3) is 5.10. The molecule has 0 fully saturated rings. The molecule has 0 aliphatic rings. The standard InChI is InChI=1S/C20H17N7O3S3/c1-12-18(32-20(24-12)16-11-22-7-8-23-16)13(2)25-26-19(28)14-5-6-21-10-15(14)27-33(29,30)17-4-3-9-31-17/h3-11,27H,1-2H3,(H,26,28). The van der Waals surface area contributed by atoms with Crippen LogP contribution >= 0.6 is 22.7 Å². The summed E-state index contributed by atoms with van der Waals surface area (Å²) >= 11 is 2.45. The van der Waals surface area contributed by atoms with Gasteiger partial charge in [-0.25, -0.2) is 18.8 Å². The van der Waals surface area contributed by atoms with Crippen LogP contribution in [0.15, 0.2) is 63.9 Å². The normalized spacial score (nSPS) is 11.9. The molecule has 0 unspecified atom stereocenters. The number of sulfonamides is 1. The predicted octanol–water partition coefficient (Wildman–Crippen LogP) is 3.32. The smallest absolute Gasteiger partial charge is 0.273 e. The van der Waals surface area contributed by atoms with Crippen molar-refractivity contribution in [2.75, 3.05) is 4.72 Å². The van der Waals surface area contributed by atoms with Gasteiger partial charge >= 0.3 is 0 Å². The molecule has 0 atom stereocenters. The molecule has 2 N–H and O–H groups in total. The molecule has 0 aliphatic carbocycles. The first kappa shape index (κ1) is 22.6. The Balaban J connectivity index is 1.53. The first-order valence-corrected chi connectivity index (χ1v) is 12.6. The lowest BCUT2D eigenvalue weighted by Gasteiger charge is -2.10. The fourth-order valence-corrected chi connectivity index (χ4v) is 5.81. The van der Waals surface area contributed by atoms with Crippen LogP contribution in [0.25, 0.3) is 10.7 Å². The molecule has 33 heavy (non-hydrogen) atoms. The van der Waals surface area contributed by atoms with Gasteiger partial charge in [-0.2, -0.15) is 5.10 Å². The van der Waals surface area contributed by atoms with Crippen molar-refractivity contribution in [1.29, 1.82) is 0 Å². The average molecular weight is 500 g/mol. The quantitative estimate of drug-likeness (QED) is 0.294. The number of amides is 1. The number of anilines is 1. The Kier molecular flexibility index (Phi) is 6.53. The second kappa shape index (κ2) is 9.52. The molecule has 13 heteroatoms. The zero-order valence-electron chi connectivity index (χ0n) is 17.4. The molecule has 1 amide bonds. The number of hydrogen-bond donors (Lipinski definition) is 2. The van der Waals surface area contributed by atoms with Gasteiger partial charge in [0.1, 0.15) is 14.9 Å². The fourth-order valence-electron chi connectivity index (χ4n) is 2.78. The van der Waals surface area contributed by atoms with Gasteiger partial charge in [0.25, 0.3) is 15.9 Å². The average Bonchev–Trinajstić information content (AvgIpc) is 3.49. The van der Waals surface area contributed by atoms with Crippen molar-refractivity contribution < 1.29 is 13.2 Å². The zero-order valence-corrected chi connectivity index (χ0v) is 19.8. The Labute approximate surface area is 197 Å². The van der Waals surface area contributed by atoms with Gasteiger partial charge in [0, 0.05) is 18.6 Å². The van der Waals surface area contributed by atoms with E-state index in [1.165, 1.54) is 35.9 Å². The summed E-state index contributed by atoms with van der Waals surface area (Å²) in [6, 6.07) is 4.52. The summed E-state index contributed by atoms with van der Waals surface area (Å²) in [7, 11) is -3.83. The van der Waals surface area contributed by atoms with Crippen LogP contribution in [-0.4, -0.2) is 40.0 Å². The van der Waals surface area contributed by atoms with Crippen molar-refractivity contribution in [3.05, 3.63) is 70.7 Å². The van der Waals surface area contributed by atoms with Crippen molar-refractivity contribution in [2.45, 2.75) is 18.1 Å². The number of thiophene rings is 1. The Hall–Kier alpha value is -3.55. The lowest BCUT2D eigenvalue weighted by molar-refractivity contribution is 0.0955. The van der Waals surface area contributed by atoms with Crippen LogP contribution in [0.3, 0.4) is 0 Å². The summed E-state index contributed by atoms with van der Waals surface area (Å²) in [4.78, 5) is 30.3. The van der Waals surface area contributed by atoms with E-state index in [1.807, 2.05) is 6.92 Å². The summed E-state index contributed by atoms with van der Waals surface area (Å²) in [5.41, 5.74) is 4.54. The summed E-state index contributed by atoms with van der Waals surface area (Å²) in [5, 5.41) is 6.53. The molecule has 4 aromatic heterocycles. The van der Waals surface area contributed by atoms with Crippen LogP contribution in [-0.2, 0) is 10.0 Å². The molecular formula is C20H17N7O3S3. The zero-order chi connectivity index (χ0) is 23.4. The highest BCUT2D eigenvalue weighted by Crippen LogP contribution is 2.26. The number of hydrogen-bond acceptors (Lipinski definition) is 10. The van der Waals surface area contributed by atoms with Gasteiger partial charge in [-0.1, -0.05) is 6.07 Å². The highest BCUT2D eigenvalue weighted by Gasteiger charge is 2.20. The van der Waals surface area contributed by atoms with Gasteiger partial charge in [-0.05, 0) is 31.4 Å². The van der Waals surface area contributed by atoms with Crippen LogP contribution in [0.1, 0.15) is 27.9 Å². The van der Waals surface area contributed by atoms with Gasteiger partial charge < -0.3 is 0 Å². The molecule has 0 aliphatic heterocycles. The van der Waals surface area contributed by atoms with Crippen LogP contribution in [0, 0.1) is 6.92 Å². The van der Waals surface area contributed by atoms with Gasteiger partial charge in [0.05, 0.1) is 39.9 Å². The van der Waals surface area contributed by atoms with Crippen molar-refractivity contribution in [3.63, 3.8) is 0 Å². The molecular weight excluding hydrogens is 482 g/mol. The molecule has 0 spiro atoms. The van der Waals surface area contributed by atoms with Gasteiger partial charge in [-0.3, -0.25) is 24.5 Å². The Bertz CT molecular complexity index is 1420. The van der Waals surface area contributed by atoms with E-state index >= 15 is 0 Å². The first-order valence-electron chi connectivity index (χ1n) is 9.44. The van der Waals surface area contributed by atoms with Crippen molar-refractivity contribution >= 4 is 50.0 Å². The first-order chi connectivity index (χ1) is 15.8. The van der Waals surface area contributed by atoms with Gasteiger partial charge in [0.2, 0.25) is 0 Å².